The fraction of sp³-hybridized carbons (Fsp3) is 1.00. The lowest BCUT2D eigenvalue weighted by atomic mass is 9.97. The van der Waals surface area contributed by atoms with Crippen LogP contribution in [0, 0.1) is 5.92 Å². The van der Waals surface area contributed by atoms with Crippen molar-refractivity contribution in [2.75, 3.05) is 19.7 Å². The van der Waals surface area contributed by atoms with Crippen LogP contribution in [-0.4, -0.2) is 36.7 Å². The highest BCUT2D eigenvalue weighted by Crippen LogP contribution is 2.25. The molecule has 0 aromatic carbocycles. The lowest BCUT2D eigenvalue weighted by Gasteiger charge is -2.48. The molecule has 0 saturated carbocycles. The molecular formula is C9H17NO. The van der Waals surface area contributed by atoms with Crippen LogP contribution in [0.3, 0.4) is 0 Å². The third kappa shape index (κ3) is 1.30. The van der Waals surface area contributed by atoms with E-state index in [-0.39, 0.29) is 0 Å². The van der Waals surface area contributed by atoms with Crippen molar-refractivity contribution < 1.29 is 4.74 Å². The number of rotatable bonds is 1. The molecule has 0 spiro atoms. The van der Waals surface area contributed by atoms with Gasteiger partial charge < -0.3 is 4.74 Å². The van der Waals surface area contributed by atoms with E-state index in [1.165, 1.54) is 19.5 Å². The van der Waals surface area contributed by atoms with E-state index < -0.39 is 0 Å². The van der Waals surface area contributed by atoms with Gasteiger partial charge in [0.05, 0.1) is 12.7 Å². The van der Waals surface area contributed by atoms with Crippen LogP contribution in [0.5, 0.6) is 0 Å². The van der Waals surface area contributed by atoms with E-state index in [2.05, 4.69) is 18.7 Å². The Balaban J connectivity index is 1.88. The molecule has 2 nitrogen and oxygen atoms in total. The summed E-state index contributed by atoms with van der Waals surface area (Å²) in [4.78, 5) is 2.55. The maximum atomic E-state index is 5.73. The Labute approximate surface area is 68.5 Å². The summed E-state index contributed by atoms with van der Waals surface area (Å²) in [7, 11) is 0. The van der Waals surface area contributed by atoms with Crippen molar-refractivity contribution in [1.29, 1.82) is 0 Å². The van der Waals surface area contributed by atoms with Gasteiger partial charge in [0.25, 0.3) is 0 Å². The number of ether oxygens (including phenoxy) is 1. The zero-order valence-electron chi connectivity index (χ0n) is 7.42. The van der Waals surface area contributed by atoms with Gasteiger partial charge in [-0.05, 0) is 12.3 Å². The SMILES string of the molecule is CC(C)C1CN2CCC2CO1. The molecular weight excluding hydrogens is 138 g/mol. The topological polar surface area (TPSA) is 12.5 Å². The lowest BCUT2D eigenvalue weighted by molar-refractivity contribution is -0.117. The first-order valence-electron chi connectivity index (χ1n) is 4.63. The Kier molecular flexibility index (Phi) is 1.90. The second-order valence-electron chi connectivity index (χ2n) is 4.05. The van der Waals surface area contributed by atoms with E-state index in [0.717, 1.165) is 12.6 Å². The van der Waals surface area contributed by atoms with Crippen molar-refractivity contribution >= 4 is 0 Å². The number of morpholine rings is 1. The van der Waals surface area contributed by atoms with Gasteiger partial charge in [-0.25, -0.2) is 0 Å². The van der Waals surface area contributed by atoms with Crippen molar-refractivity contribution in [2.45, 2.75) is 32.4 Å². The molecule has 2 aliphatic rings. The van der Waals surface area contributed by atoms with E-state index in [4.69, 9.17) is 4.74 Å². The first-order valence-corrected chi connectivity index (χ1v) is 4.63. The molecule has 0 N–H and O–H groups in total. The van der Waals surface area contributed by atoms with Crippen LogP contribution in [0.2, 0.25) is 0 Å². The maximum absolute atomic E-state index is 5.73. The first-order chi connectivity index (χ1) is 5.27. The molecule has 2 rings (SSSR count). The zero-order chi connectivity index (χ0) is 7.84. The third-order valence-electron chi connectivity index (χ3n) is 2.93. The number of hydrogen-bond acceptors (Lipinski definition) is 2. The molecule has 2 heterocycles. The molecule has 0 aromatic rings. The van der Waals surface area contributed by atoms with E-state index in [1.54, 1.807) is 0 Å². The monoisotopic (exact) mass is 155 g/mol. The van der Waals surface area contributed by atoms with Gasteiger partial charge in [0.2, 0.25) is 0 Å². The van der Waals surface area contributed by atoms with Gasteiger partial charge in [0, 0.05) is 19.1 Å². The van der Waals surface area contributed by atoms with Gasteiger partial charge in [-0.15, -0.1) is 0 Å². The van der Waals surface area contributed by atoms with Gasteiger partial charge >= 0.3 is 0 Å². The minimum absolute atomic E-state index is 0.492. The number of nitrogens with zero attached hydrogens (tertiary/aromatic N) is 1. The second kappa shape index (κ2) is 2.76. The summed E-state index contributed by atoms with van der Waals surface area (Å²) in [6, 6.07) is 0.769. The molecule has 11 heavy (non-hydrogen) atoms. The number of hydrogen-bond donors (Lipinski definition) is 0. The van der Waals surface area contributed by atoms with Crippen molar-refractivity contribution in [3.05, 3.63) is 0 Å². The molecule has 0 aliphatic carbocycles. The Morgan fingerprint density at radius 1 is 1.45 bits per heavy atom. The highest BCUT2D eigenvalue weighted by Gasteiger charge is 2.35. The molecule has 2 saturated heterocycles. The van der Waals surface area contributed by atoms with Gasteiger partial charge in [-0.3, -0.25) is 4.90 Å². The molecule has 0 radical (unpaired) electrons. The predicted molar refractivity (Wildman–Crippen MR) is 44.6 cm³/mol. The molecule has 2 aliphatic heterocycles. The van der Waals surface area contributed by atoms with Gasteiger partial charge in [0.1, 0.15) is 0 Å². The lowest BCUT2D eigenvalue weighted by Crippen LogP contribution is -2.58. The predicted octanol–water partition coefficient (Wildman–Crippen LogP) is 1.12. The molecule has 2 atom stereocenters. The van der Waals surface area contributed by atoms with Crippen LogP contribution in [-0.2, 0) is 4.74 Å². The van der Waals surface area contributed by atoms with Gasteiger partial charge in [0.15, 0.2) is 0 Å². The molecule has 2 unspecified atom stereocenters. The fourth-order valence-electron chi connectivity index (χ4n) is 1.85. The minimum Gasteiger partial charge on any atom is -0.375 e. The minimum atomic E-state index is 0.492. The van der Waals surface area contributed by atoms with Crippen molar-refractivity contribution in [1.82, 2.24) is 4.90 Å². The van der Waals surface area contributed by atoms with E-state index >= 15 is 0 Å². The molecule has 64 valence electrons. The third-order valence-corrected chi connectivity index (χ3v) is 2.93. The summed E-state index contributed by atoms with van der Waals surface area (Å²) in [5.74, 6) is 0.677. The second-order valence-corrected chi connectivity index (χ2v) is 4.05. The first kappa shape index (κ1) is 7.56. The fourth-order valence-corrected chi connectivity index (χ4v) is 1.85. The van der Waals surface area contributed by atoms with Gasteiger partial charge in [-0.2, -0.15) is 0 Å². The zero-order valence-corrected chi connectivity index (χ0v) is 7.42. The number of fused-ring (bicyclic) bond motifs is 1. The van der Waals surface area contributed by atoms with Crippen molar-refractivity contribution in [3.8, 4) is 0 Å². The van der Waals surface area contributed by atoms with Crippen molar-refractivity contribution in [2.24, 2.45) is 5.92 Å². The Morgan fingerprint density at radius 3 is 2.73 bits per heavy atom. The molecule has 0 amide bonds. The largest absolute Gasteiger partial charge is 0.375 e. The van der Waals surface area contributed by atoms with Gasteiger partial charge in [-0.1, -0.05) is 13.8 Å². The average Bonchev–Trinajstić information content (AvgIpc) is 1.91. The smallest absolute Gasteiger partial charge is 0.0725 e. The van der Waals surface area contributed by atoms with Crippen LogP contribution < -0.4 is 0 Å². The summed E-state index contributed by atoms with van der Waals surface area (Å²) in [5.41, 5.74) is 0. The summed E-state index contributed by atoms with van der Waals surface area (Å²) >= 11 is 0. The van der Waals surface area contributed by atoms with E-state index in [9.17, 15) is 0 Å². The standard InChI is InChI=1S/C9H17NO/c1-7(2)9-5-10-4-3-8(10)6-11-9/h7-9H,3-6H2,1-2H3. The highest BCUT2D eigenvalue weighted by atomic mass is 16.5. The maximum Gasteiger partial charge on any atom is 0.0725 e. The molecule has 2 heteroatoms. The summed E-state index contributed by atoms with van der Waals surface area (Å²) in [6.45, 7) is 7.93. The van der Waals surface area contributed by atoms with Crippen molar-refractivity contribution in [3.63, 3.8) is 0 Å². The quantitative estimate of drug-likeness (QED) is 0.562. The van der Waals surface area contributed by atoms with E-state index in [0.29, 0.717) is 12.0 Å². The molecule has 0 bridgehead atoms. The Bertz CT molecular complexity index is 146. The highest BCUT2D eigenvalue weighted by molar-refractivity contribution is 4.88. The van der Waals surface area contributed by atoms with Crippen LogP contribution in [0.4, 0.5) is 0 Å². The van der Waals surface area contributed by atoms with Crippen LogP contribution in [0.25, 0.3) is 0 Å². The average molecular weight is 155 g/mol. The Hall–Kier alpha value is -0.0800. The molecule has 0 aromatic heterocycles. The van der Waals surface area contributed by atoms with E-state index in [1.807, 2.05) is 0 Å². The Morgan fingerprint density at radius 2 is 2.27 bits per heavy atom. The summed E-state index contributed by atoms with van der Waals surface area (Å²) < 4.78 is 5.73. The normalized spacial score (nSPS) is 38.5. The van der Waals surface area contributed by atoms with Crippen LogP contribution in [0.15, 0.2) is 0 Å². The molecule has 2 fully saturated rings. The van der Waals surface area contributed by atoms with Crippen LogP contribution >= 0.6 is 0 Å². The summed E-state index contributed by atoms with van der Waals surface area (Å²) in [6.07, 6.45) is 1.84. The summed E-state index contributed by atoms with van der Waals surface area (Å²) in [5, 5.41) is 0. The van der Waals surface area contributed by atoms with Crippen LogP contribution in [0.1, 0.15) is 20.3 Å².